The molecule has 1 nitrogen and oxygen atoms in total. The first-order valence-corrected chi connectivity index (χ1v) is 5.15. The highest BCUT2D eigenvalue weighted by Gasteiger charge is 2.02. The summed E-state index contributed by atoms with van der Waals surface area (Å²) in [4.78, 5) is 0. The average Bonchev–Trinajstić information content (AvgIpc) is 2.70. The number of thiophene rings is 1. The van der Waals surface area contributed by atoms with Crippen LogP contribution in [-0.2, 0) is 7.05 Å². The molecule has 2 aromatic heterocycles. The number of nitrogens with zero attached hydrogens (tertiary/aromatic N) is 1. The Hall–Kier alpha value is -1.28. The molecule has 0 saturated heterocycles. The Morgan fingerprint density at radius 3 is 2.92 bits per heavy atom. The molecule has 0 N–H and O–H groups in total. The van der Waals surface area contributed by atoms with Crippen LogP contribution in [0.1, 0.15) is 0 Å². The van der Waals surface area contributed by atoms with Gasteiger partial charge in [-0.15, -0.1) is 11.3 Å². The van der Waals surface area contributed by atoms with E-state index in [2.05, 4.69) is 47.5 Å². The van der Waals surface area contributed by atoms with E-state index in [1.807, 2.05) is 0 Å². The van der Waals surface area contributed by atoms with Gasteiger partial charge in [-0.2, -0.15) is 0 Å². The summed E-state index contributed by atoms with van der Waals surface area (Å²) in [6, 6.07) is 8.77. The van der Waals surface area contributed by atoms with Crippen molar-refractivity contribution in [1.29, 1.82) is 0 Å². The van der Waals surface area contributed by atoms with Crippen LogP contribution < -0.4 is 0 Å². The van der Waals surface area contributed by atoms with Gasteiger partial charge in [-0.3, -0.25) is 0 Å². The maximum absolute atomic E-state index is 2.20. The fourth-order valence-corrected chi connectivity index (χ4v) is 2.61. The molecule has 0 amide bonds. The summed E-state index contributed by atoms with van der Waals surface area (Å²) in [7, 11) is 2.08. The summed E-state index contributed by atoms with van der Waals surface area (Å²) in [6.45, 7) is 0. The van der Waals surface area contributed by atoms with Gasteiger partial charge in [0.05, 0.1) is 0 Å². The number of hydrogen-bond acceptors (Lipinski definition) is 1. The van der Waals surface area contributed by atoms with E-state index < -0.39 is 0 Å². The van der Waals surface area contributed by atoms with Gasteiger partial charge in [-0.1, -0.05) is 0 Å². The van der Waals surface area contributed by atoms with Gasteiger partial charge in [0, 0.05) is 34.2 Å². The molecule has 3 aromatic rings. The molecule has 0 fully saturated rings. The number of rotatable bonds is 0. The molecule has 3 rings (SSSR count). The predicted octanol–water partition coefficient (Wildman–Crippen LogP) is 3.39. The van der Waals surface area contributed by atoms with Gasteiger partial charge in [0.25, 0.3) is 0 Å². The zero-order valence-corrected chi connectivity index (χ0v) is 8.14. The van der Waals surface area contributed by atoms with Crippen molar-refractivity contribution >= 4 is 32.3 Å². The van der Waals surface area contributed by atoms with Crippen molar-refractivity contribution < 1.29 is 0 Å². The van der Waals surface area contributed by atoms with E-state index in [4.69, 9.17) is 0 Å². The second kappa shape index (κ2) is 2.36. The second-order valence-corrected chi connectivity index (χ2v) is 4.21. The number of fused-ring (bicyclic) bond motifs is 3. The Bertz CT molecular complexity index is 574. The Kier molecular flexibility index (Phi) is 1.30. The van der Waals surface area contributed by atoms with Crippen molar-refractivity contribution in [1.82, 2.24) is 4.57 Å². The summed E-state index contributed by atoms with van der Waals surface area (Å²) in [5.74, 6) is 0. The Balaban J connectivity index is 2.66. The predicted molar refractivity (Wildman–Crippen MR) is 58.3 cm³/mol. The third-order valence-corrected chi connectivity index (χ3v) is 3.38. The Morgan fingerprint density at radius 1 is 1.08 bits per heavy atom. The van der Waals surface area contributed by atoms with Crippen molar-refractivity contribution in [2.75, 3.05) is 0 Å². The summed E-state index contributed by atoms with van der Waals surface area (Å²) in [5, 5.41) is 4.89. The molecule has 0 aliphatic rings. The molecular formula is C11H9NS. The van der Waals surface area contributed by atoms with E-state index >= 15 is 0 Å². The molecule has 2 heterocycles. The lowest BCUT2D eigenvalue weighted by Gasteiger charge is -1.96. The standard InChI is InChI=1S/C11H9NS/c1-12-6-4-8-9-5-7-13-11(9)3-2-10(8)12/h2-7H,1H3. The smallest absolute Gasteiger partial charge is 0.0484 e. The van der Waals surface area contributed by atoms with Crippen LogP contribution in [0.2, 0.25) is 0 Å². The lowest BCUT2D eigenvalue weighted by atomic mass is 10.2. The van der Waals surface area contributed by atoms with E-state index in [1.165, 1.54) is 21.0 Å². The minimum Gasteiger partial charge on any atom is -0.351 e. The SMILES string of the molecule is Cn1ccc2c3ccsc3ccc21. The monoisotopic (exact) mass is 187 g/mol. The molecular weight excluding hydrogens is 178 g/mol. The fraction of sp³-hybridized carbons (Fsp3) is 0.0909. The topological polar surface area (TPSA) is 4.93 Å². The van der Waals surface area contributed by atoms with Crippen molar-refractivity contribution in [3.63, 3.8) is 0 Å². The first-order chi connectivity index (χ1) is 6.36. The van der Waals surface area contributed by atoms with Gasteiger partial charge in [0.1, 0.15) is 0 Å². The summed E-state index contributed by atoms with van der Waals surface area (Å²) < 4.78 is 3.53. The van der Waals surface area contributed by atoms with Gasteiger partial charge >= 0.3 is 0 Å². The molecule has 0 aliphatic heterocycles. The molecule has 0 radical (unpaired) electrons. The second-order valence-electron chi connectivity index (χ2n) is 3.26. The molecule has 64 valence electrons. The van der Waals surface area contributed by atoms with Gasteiger partial charge in [-0.05, 0) is 29.6 Å². The number of aromatic nitrogens is 1. The van der Waals surface area contributed by atoms with E-state index in [0.717, 1.165) is 0 Å². The lowest BCUT2D eigenvalue weighted by molar-refractivity contribution is 0.970. The van der Waals surface area contributed by atoms with Crippen molar-refractivity contribution in [2.24, 2.45) is 7.05 Å². The summed E-state index contributed by atoms with van der Waals surface area (Å²) >= 11 is 1.80. The molecule has 0 unspecified atom stereocenters. The zero-order valence-electron chi connectivity index (χ0n) is 7.32. The van der Waals surface area contributed by atoms with Gasteiger partial charge in [0.2, 0.25) is 0 Å². The van der Waals surface area contributed by atoms with Crippen molar-refractivity contribution in [3.05, 3.63) is 35.8 Å². The zero-order chi connectivity index (χ0) is 8.84. The van der Waals surface area contributed by atoms with Gasteiger partial charge in [-0.25, -0.2) is 0 Å². The number of benzene rings is 1. The summed E-state index contributed by atoms with van der Waals surface area (Å²) in [5.41, 5.74) is 1.31. The molecule has 0 spiro atoms. The van der Waals surface area contributed by atoms with Crippen LogP contribution in [0.5, 0.6) is 0 Å². The third kappa shape index (κ3) is 0.864. The maximum Gasteiger partial charge on any atom is 0.0484 e. The summed E-state index contributed by atoms with van der Waals surface area (Å²) in [6.07, 6.45) is 2.11. The van der Waals surface area contributed by atoms with Crippen molar-refractivity contribution in [3.8, 4) is 0 Å². The highest BCUT2D eigenvalue weighted by atomic mass is 32.1. The first-order valence-electron chi connectivity index (χ1n) is 4.27. The van der Waals surface area contributed by atoms with E-state index in [9.17, 15) is 0 Å². The molecule has 1 aromatic carbocycles. The Labute approximate surface area is 80.2 Å². The van der Waals surface area contributed by atoms with Crippen LogP contribution >= 0.6 is 11.3 Å². The van der Waals surface area contributed by atoms with Crippen LogP contribution in [0.25, 0.3) is 21.0 Å². The van der Waals surface area contributed by atoms with Crippen LogP contribution in [-0.4, -0.2) is 4.57 Å². The van der Waals surface area contributed by atoms with Gasteiger partial charge in [0.15, 0.2) is 0 Å². The van der Waals surface area contributed by atoms with Gasteiger partial charge < -0.3 is 4.57 Å². The van der Waals surface area contributed by atoms with Crippen LogP contribution in [0.3, 0.4) is 0 Å². The maximum atomic E-state index is 2.20. The van der Waals surface area contributed by atoms with Crippen LogP contribution in [0.15, 0.2) is 35.8 Å². The minimum atomic E-state index is 1.31. The highest BCUT2D eigenvalue weighted by molar-refractivity contribution is 7.17. The molecule has 0 bridgehead atoms. The molecule has 2 heteroatoms. The number of aryl methyl sites for hydroxylation is 1. The molecule has 0 saturated carbocycles. The third-order valence-electron chi connectivity index (χ3n) is 2.50. The lowest BCUT2D eigenvalue weighted by Crippen LogP contribution is -1.82. The average molecular weight is 187 g/mol. The fourth-order valence-electron chi connectivity index (χ4n) is 1.80. The van der Waals surface area contributed by atoms with E-state index in [-0.39, 0.29) is 0 Å². The van der Waals surface area contributed by atoms with E-state index in [0.29, 0.717) is 0 Å². The van der Waals surface area contributed by atoms with Crippen LogP contribution in [0, 0.1) is 0 Å². The van der Waals surface area contributed by atoms with Crippen LogP contribution in [0.4, 0.5) is 0 Å². The highest BCUT2D eigenvalue weighted by Crippen LogP contribution is 2.29. The van der Waals surface area contributed by atoms with Crippen molar-refractivity contribution in [2.45, 2.75) is 0 Å². The normalized spacial score (nSPS) is 11.5. The molecule has 0 atom stereocenters. The Morgan fingerprint density at radius 2 is 2.00 bits per heavy atom. The first kappa shape index (κ1) is 7.15. The quantitative estimate of drug-likeness (QED) is 0.508. The number of hydrogen-bond donors (Lipinski definition) is 0. The largest absolute Gasteiger partial charge is 0.351 e. The minimum absolute atomic E-state index is 1.31. The van der Waals surface area contributed by atoms with E-state index in [1.54, 1.807) is 11.3 Å². The molecule has 0 aliphatic carbocycles. The molecule has 13 heavy (non-hydrogen) atoms.